The van der Waals surface area contributed by atoms with Crippen LogP contribution in [0, 0.1) is 0 Å². The van der Waals surface area contributed by atoms with Gasteiger partial charge < -0.3 is 15.0 Å². The van der Waals surface area contributed by atoms with Crippen LogP contribution in [0.3, 0.4) is 0 Å². The summed E-state index contributed by atoms with van der Waals surface area (Å²) in [6, 6.07) is 0. The Bertz CT molecular complexity index is 52.5. The Balaban J connectivity index is -0.0000000750. The van der Waals surface area contributed by atoms with E-state index in [0.29, 0.717) is 16.6 Å². The second kappa shape index (κ2) is 15.7. The van der Waals surface area contributed by atoms with E-state index in [4.69, 9.17) is 9.26 Å². The van der Waals surface area contributed by atoms with E-state index in [1.54, 1.807) is 0 Å². The van der Waals surface area contributed by atoms with Gasteiger partial charge in [0, 0.05) is 26.2 Å². The molecule has 6 heteroatoms. The zero-order valence-electron chi connectivity index (χ0n) is 4.59. The molecule has 0 saturated heterocycles. The Morgan fingerprint density at radius 1 is 1.62 bits per heavy atom. The van der Waals surface area contributed by atoms with Crippen LogP contribution in [-0.4, -0.2) is 38.4 Å². The summed E-state index contributed by atoms with van der Waals surface area (Å²) < 4.78 is 7.14. The van der Waals surface area contributed by atoms with Gasteiger partial charge in [0.05, 0.1) is 6.54 Å². The van der Waals surface area contributed by atoms with Crippen LogP contribution < -0.4 is 5.73 Å². The van der Waals surface area contributed by atoms with Crippen molar-refractivity contribution in [3.8, 4) is 0 Å². The van der Waals surface area contributed by atoms with Crippen molar-refractivity contribution in [3.05, 3.63) is 0 Å². The summed E-state index contributed by atoms with van der Waals surface area (Å²) >= 11 is 0.306. The Kier molecular flexibility index (Phi) is 31.1. The number of rotatable bonds is 1. The van der Waals surface area contributed by atoms with Crippen molar-refractivity contribution in [2.24, 2.45) is 5.73 Å². The number of nitrogens with two attached hydrogens (primary N) is 1. The summed E-state index contributed by atoms with van der Waals surface area (Å²) in [5.41, 5.74) is 4.57. The topological polar surface area (TPSA) is 83.6 Å². The van der Waals surface area contributed by atoms with Crippen molar-refractivity contribution in [1.29, 1.82) is 0 Å². The molecular formula is C2H8AlNO3Zr. The first-order chi connectivity index (χ1) is 3.27. The van der Waals surface area contributed by atoms with Gasteiger partial charge in [0.2, 0.25) is 0 Å². The van der Waals surface area contributed by atoms with Crippen LogP contribution in [-0.2, 0) is 31.0 Å². The summed E-state index contributed by atoms with van der Waals surface area (Å²) in [4.78, 5) is 9.24. The van der Waals surface area contributed by atoms with Crippen LogP contribution in [0.25, 0.3) is 0 Å². The maximum Gasteiger partial charge on any atom is 0.407 e. The second-order valence-electron chi connectivity index (χ2n) is 0.598. The number of carbonyl (C=O) groups is 1. The predicted octanol–water partition coefficient (Wildman–Crippen LogP) is -2.45. The molecule has 0 rings (SSSR count). The SMILES string of the molecule is NCC(=O)O.[OH][AlH2].[Zr]. The van der Waals surface area contributed by atoms with E-state index in [2.05, 4.69) is 5.73 Å². The Morgan fingerprint density at radius 2 is 1.75 bits per heavy atom. The summed E-state index contributed by atoms with van der Waals surface area (Å²) in [7, 11) is 0. The third-order valence-electron chi connectivity index (χ3n) is 0.175. The molecule has 0 fully saturated rings. The fourth-order valence-corrected chi connectivity index (χ4v) is 0. The molecular weight excluding hydrogens is 204 g/mol. The molecule has 46 valence electrons. The van der Waals surface area contributed by atoms with Gasteiger partial charge in [-0.05, 0) is 0 Å². The molecule has 0 aromatic carbocycles. The molecule has 0 heterocycles. The quantitative estimate of drug-likeness (QED) is 0.421. The molecule has 0 spiro atoms. The molecule has 0 saturated carbocycles. The molecule has 0 amide bonds. The van der Waals surface area contributed by atoms with Gasteiger partial charge in [0.1, 0.15) is 0 Å². The molecule has 0 aliphatic carbocycles. The zero-order valence-corrected chi connectivity index (χ0v) is 9.05. The standard InChI is InChI=1S/C2H5NO2.Al.H2O.Zr.2H/c3-1-2(4)5;;;;;/h1,3H2,(H,4,5);;1H2;;;/q;+1;;;;/p-1. The van der Waals surface area contributed by atoms with Crippen LogP contribution in [0.4, 0.5) is 0 Å². The Hall–Kier alpha value is 0.806. The molecule has 0 aromatic rings. The fourth-order valence-electron chi connectivity index (χ4n) is 0. The Morgan fingerprint density at radius 3 is 1.75 bits per heavy atom. The Labute approximate surface area is 74.9 Å². The van der Waals surface area contributed by atoms with Gasteiger partial charge in [0.15, 0.2) is 0 Å². The molecule has 0 radical (unpaired) electrons. The molecule has 0 aromatic heterocycles. The number of aliphatic carboxylic acids is 1. The molecule has 0 atom stereocenters. The first-order valence-corrected chi connectivity index (χ1v) is 2.53. The van der Waals surface area contributed by atoms with Gasteiger partial charge in [0.25, 0.3) is 0 Å². The summed E-state index contributed by atoms with van der Waals surface area (Å²) in [5.74, 6) is -0.968. The van der Waals surface area contributed by atoms with E-state index >= 15 is 0 Å². The van der Waals surface area contributed by atoms with E-state index in [-0.39, 0.29) is 32.7 Å². The zero-order chi connectivity index (χ0) is 6.28. The third-order valence-corrected chi connectivity index (χ3v) is 0.175. The van der Waals surface area contributed by atoms with Crippen molar-refractivity contribution in [2.45, 2.75) is 0 Å². The minimum absolute atomic E-state index is 0. The molecule has 0 aliphatic heterocycles. The summed E-state index contributed by atoms with van der Waals surface area (Å²) in [6.07, 6.45) is 0. The summed E-state index contributed by atoms with van der Waals surface area (Å²) in [6.45, 7) is -0.278. The molecule has 0 aliphatic rings. The van der Waals surface area contributed by atoms with Crippen LogP contribution >= 0.6 is 0 Å². The predicted molar refractivity (Wildman–Crippen MR) is 27.5 cm³/mol. The third kappa shape index (κ3) is 29.1. The minimum atomic E-state index is -0.968. The van der Waals surface area contributed by atoms with E-state index in [1.165, 1.54) is 0 Å². The number of carboxylic acids is 1. The van der Waals surface area contributed by atoms with E-state index in [9.17, 15) is 4.79 Å². The minimum Gasteiger partial charge on any atom is -0.521 e. The van der Waals surface area contributed by atoms with Crippen molar-refractivity contribution in [3.63, 3.8) is 0 Å². The van der Waals surface area contributed by atoms with Crippen LogP contribution in [0.2, 0.25) is 0 Å². The summed E-state index contributed by atoms with van der Waals surface area (Å²) in [5, 5.41) is 7.60. The maximum absolute atomic E-state index is 9.24. The average Bonchev–Trinajstić information content (AvgIpc) is 1.73. The normalized spacial score (nSPS) is 5.25. The van der Waals surface area contributed by atoms with Crippen molar-refractivity contribution in [1.82, 2.24) is 0 Å². The number of carboxylic acid groups (broad SMARTS) is 1. The number of hydrogen-bond acceptors (Lipinski definition) is 3. The fraction of sp³-hybridized carbons (Fsp3) is 0.500. The van der Waals surface area contributed by atoms with E-state index < -0.39 is 5.97 Å². The van der Waals surface area contributed by atoms with Crippen LogP contribution in [0.1, 0.15) is 0 Å². The van der Waals surface area contributed by atoms with Gasteiger partial charge in [-0.25, -0.2) is 0 Å². The molecule has 8 heavy (non-hydrogen) atoms. The van der Waals surface area contributed by atoms with Crippen molar-refractivity contribution < 1.29 is 40.3 Å². The molecule has 4 nitrogen and oxygen atoms in total. The second-order valence-corrected chi connectivity index (χ2v) is 0.598. The first kappa shape index (κ1) is 15.9. The van der Waals surface area contributed by atoms with E-state index in [1.807, 2.05) is 0 Å². The van der Waals surface area contributed by atoms with E-state index in [0.717, 1.165) is 0 Å². The number of hydrogen-bond donors (Lipinski definition) is 3. The van der Waals surface area contributed by atoms with Crippen LogP contribution in [0.15, 0.2) is 0 Å². The maximum atomic E-state index is 9.24. The van der Waals surface area contributed by atoms with Gasteiger partial charge >= 0.3 is 22.6 Å². The van der Waals surface area contributed by atoms with Gasteiger partial charge in [-0.3, -0.25) is 4.79 Å². The van der Waals surface area contributed by atoms with Crippen LogP contribution in [0.5, 0.6) is 0 Å². The van der Waals surface area contributed by atoms with Gasteiger partial charge in [-0.2, -0.15) is 0 Å². The smallest absolute Gasteiger partial charge is 0.407 e. The first-order valence-electron chi connectivity index (χ1n) is 1.64. The van der Waals surface area contributed by atoms with Crippen molar-refractivity contribution >= 4 is 22.6 Å². The van der Waals surface area contributed by atoms with Gasteiger partial charge in [-0.15, -0.1) is 0 Å². The largest absolute Gasteiger partial charge is 0.521 e. The average molecular weight is 212 g/mol. The molecule has 0 bridgehead atoms. The monoisotopic (exact) mass is 211 g/mol. The molecule has 0 unspecified atom stereocenters. The van der Waals surface area contributed by atoms with Gasteiger partial charge in [-0.1, -0.05) is 0 Å². The van der Waals surface area contributed by atoms with Crippen molar-refractivity contribution in [2.75, 3.05) is 6.54 Å². The molecule has 4 N–H and O–H groups in total.